The van der Waals surface area contributed by atoms with Crippen LogP contribution >= 0.6 is 15.9 Å². The minimum absolute atomic E-state index is 0.340. The number of hydrogen-bond acceptors (Lipinski definition) is 2. The highest BCUT2D eigenvalue weighted by atomic mass is 79.9. The predicted octanol–water partition coefficient (Wildman–Crippen LogP) is 3.29. The third-order valence-electron chi connectivity index (χ3n) is 3.42. The molecule has 1 saturated heterocycles. The van der Waals surface area contributed by atoms with Gasteiger partial charge < -0.3 is 4.74 Å². The van der Waals surface area contributed by atoms with Gasteiger partial charge in [-0.05, 0) is 25.1 Å². The first-order chi connectivity index (χ1) is 8.43. The van der Waals surface area contributed by atoms with Crippen molar-refractivity contribution < 1.29 is 17.9 Å². The van der Waals surface area contributed by atoms with Gasteiger partial charge in [0.2, 0.25) is 0 Å². The van der Waals surface area contributed by atoms with Crippen molar-refractivity contribution in [3.8, 4) is 0 Å². The zero-order chi connectivity index (χ0) is 13.1. The smallest absolute Gasteiger partial charge is 0.269 e. The van der Waals surface area contributed by atoms with Crippen molar-refractivity contribution in [1.29, 1.82) is 0 Å². The molecule has 0 aliphatic carbocycles. The summed E-state index contributed by atoms with van der Waals surface area (Å²) >= 11 is 3.25. The van der Waals surface area contributed by atoms with E-state index in [1.54, 1.807) is 19.1 Å². The molecule has 2 nitrogen and oxygen atoms in total. The molecule has 0 amide bonds. The predicted molar refractivity (Wildman–Crippen MR) is 63.6 cm³/mol. The standard InChI is InChI=1S/C12H9BrF3NO/c1-12(6-4-5(13)2-3-7(6)14)10-8(17-12)9(18-10)11(15)16/h2-4,9-11H,1H3. The van der Waals surface area contributed by atoms with Gasteiger partial charge in [0.05, 0.1) is 5.71 Å². The quantitative estimate of drug-likeness (QED) is 0.819. The fourth-order valence-corrected chi connectivity index (χ4v) is 2.80. The minimum atomic E-state index is -2.57. The van der Waals surface area contributed by atoms with E-state index in [0.29, 0.717) is 15.7 Å². The van der Waals surface area contributed by atoms with Gasteiger partial charge in [0.25, 0.3) is 6.43 Å². The Labute approximate surface area is 110 Å². The number of aliphatic imine (C=N–C) groups is 1. The lowest BCUT2D eigenvalue weighted by atomic mass is 9.73. The summed E-state index contributed by atoms with van der Waals surface area (Å²) in [5.74, 6) is -0.410. The SMILES string of the molecule is CC1(c2cc(Br)ccc2F)N=C2C(C(F)F)OC21. The number of ether oxygens (including phenoxy) is 1. The number of benzene rings is 1. The minimum Gasteiger partial charge on any atom is -0.354 e. The van der Waals surface area contributed by atoms with Crippen molar-refractivity contribution in [3.05, 3.63) is 34.1 Å². The maximum atomic E-state index is 13.8. The Morgan fingerprint density at radius 2 is 2.17 bits per heavy atom. The van der Waals surface area contributed by atoms with Crippen molar-refractivity contribution in [2.45, 2.75) is 31.1 Å². The van der Waals surface area contributed by atoms with Crippen LogP contribution in [0, 0.1) is 5.82 Å². The van der Waals surface area contributed by atoms with Crippen molar-refractivity contribution in [2.24, 2.45) is 4.99 Å². The second kappa shape index (κ2) is 3.81. The Balaban J connectivity index is 1.96. The lowest BCUT2D eigenvalue weighted by Gasteiger charge is -2.54. The van der Waals surface area contributed by atoms with Crippen LogP contribution in [0.3, 0.4) is 0 Å². The van der Waals surface area contributed by atoms with Crippen molar-refractivity contribution >= 4 is 21.6 Å². The molecule has 0 aromatic heterocycles. The summed E-state index contributed by atoms with van der Waals surface area (Å²) in [5.41, 5.74) is -0.195. The Bertz CT molecular complexity index is 548. The van der Waals surface area contributed by atoms with Gasteiger partial charge in [0.1, 0.15) is 17.5 Å². The molecule has 0 radical (unpaired) electrons. The summed E-state index contributed by atoms with van der Waals surface area (Å²) in [6.07, 6.45) is -4.31. The average molecular weight is 320 g/mol. The summed E-state index contributed by atoms with van der Waals surface area (Å²) in [4.78, 5) is 4.15. The Morgan fingerprint density at radius 1 is 1.44 bits per heavy atom. The summed E-state index contributed by atoms with van der Waals surface area (Å²) in [6, 6.07) is 4.51. The van der Waals surface area contributed by atoms with E-state index in [-0.39, 0.29) is 0 Å². The third kappa shape index (κ3) is 1.48. The largest absolute Gasteiger partial charge is 0.354 e. The van der Waals surface area contributed by atoms with Crippen LogP contribution in [0.15, 0.2) is 27.7 Å². The van der Waals surface area contributed by atoms with Gasteiger partial charge >= 0.3 is 0 Å². The molecular weight excluding hydrogens is 311 g/mol. The number of nitrogens with zero attached hydrogens (tertiary/aromatic N) is 1. The zero-order valence-electron chi connectivity index (χ0n) is 9.33. The van der Waals surface area contributed by atoms with Gasteiger partial charge in [-0.15, -0.1) is 0 Å². The maximum absolute atomic E-state index is 13.8. The molecule has 0 N–H and O–H groups in total. The highest BCUT2D eigenvalue weighted by Crippen LogP contribution is 2.48. The first-order valence-corrected chi connectivity index (χ1v) is 6.21. The molecular formula is C12H9BrF3NO. The van der Waals surface area contributed by atoms with E-state index in [0.717, 1.165) is 0 Å². The van der Waals surface area contributed by atoms with E-state index in [1.807, 2.05) is 0 Å². The van der Waals surface area contributed by atoms with Gasteiger partial charge in [-0.1, -0.05) is 15.9 Å². The number of hydrogen-bond donors (Lipinski definition) is 0. The van der Waals surface area contributed by atoms with Crippen LogP contribution < -0.4 is 0 Å². The van der Waals surface area contributed by atoms with Gasteiger partial charge in [-0.25, -0.2) is 13.2 Å². The van der Waals surface area contributed by atoms with Crippen molar-refractivity contribution in [1.82, 2.24) is 0 Å². The van der Waals surface area contributed by atoms with Crippen LogP contribution in [0.2, 0.25) is 0 Å². The molecule has 2 aliphatic heterocycles. The molecule has 3 rings (SSSR count). The van der Waals surface area contributed by atoms with E-state index >= 15 is 0 Å². The topological polar surface area (TPSA) is 21.6 Å². The van der Waals surface area contributed by atoms with Gasteiger partial charge in [0, 0.05) is 10.0 Å². The van der Waals surface area contributed by atoms with Crippen LogP contribution in [0.25, 0.3) is 0 Å². The lowest BCUT2D eigenvalue weighted by Crippen LogP contribution is -2.68. The molecule has 0 spiro atoms. The third-order valence-corrected chi connectivity index (χ3v) is 3.91. The normalized spacial score (nSPS) is 33.6. The number of halogens is 4. The Kier molecular flexibility index (Phi) is 2.57. The molecule has 2 aliphatic rings. The van der Waals surface area contributed by atoms with Crippen molar-refractivity contribution in [3.63, 3.8) is 0 Å². The fourth-order valence-electron chi connectivity index (χ4n) is 2.44. The van der Waals surface area contributed by atoms with Crippen LogP contribution in [0.5, 0.6) is 0 Å². The second-order valence-corrected chi connectivity index (χ2v) is 5.50. The molecule has 1 aromatic rings. The van der Waals surface area contributed by atoms with Gasteiger partial charge in [0.15, 0.2) is 6.10 Å². The fraction of sp³-hybridized carbons (Fsp3) is 0.417. The van der Waals surface area contributed by atoms with Crippen LogP contribution in [0.4, 0.5) is 13.2 Å². The lowest BCUT2D eigenvalue weighted by molar-refractivity contribution is -0.123. The van der Waals surface area contributed by atoms with Crippen molar-refractivity contribution in [2.75, 3.05) is 0 Å². The summed E-state index contributed by atoms with van der Waals surface area (Å²) in [5, 5.41) is 0. The number of alkyl halides is 2. The first kappa shape index (κ1) is 12.2. The van der Waals surface area contributed by atoms with E-state index < -0.39 is 30.0 Å². The molecule has 3 atom stereocenters. The highest BCUT2D eigenvalue weighted by Gasteiger charge is 2.61. The van der Waals surface area contributed by atoms with Crippen LogP contribution in [-0.4, -0.2) is 24.3 Å². The van der Waals surface area contributed by atoms with Crippen LogP contribution in [0.1, 0.15) is 12.5 Å². The molecule has 2 heterocycles. The summed E-state index contributed by atoms with van der Waals surface area (Å²) in [7, 11) is 0. The number of fused-ring (bicyclic) bond motifs is 1. The van der Waals surface area contributed by atoms with Gasteiger partial charge in [-0.3, -0.25) is 4.99 Å². The molecule has 6 heteroatoms. The number of rotatable bonds is 2. The molecule has 0 bridgehead atoms. The maximum Gasteiger partial charge on any atom is 0.269 e. The highest BCUT2D eigenvalue weighted by molar-refractivity contribution is 9.10. The van der Waals surface area contributed by atoms with E-state index in [9.17, 15) is 13.2 Å². The summed E-state index contributed by atoms with van der Waals surface area (Å²) in [6.45, 7) is 1.69. The average Bonchev–Trinajstić information content (AvgIpc) is 2.28. The monoisotopic (exact) mass is 319 g/mol. The van der Waals surface area contributed by atoms with Crippen LogP contribution in [-0.2, 0) is 10.3 Å². The van der Waals surface area contributed by atoms with Gasteiger partial charge in [-0.2, -0.15) is 0 Å². The molecule has 1 fully saturated rings. The molecule has 3 unspecified atom stereocenters. The van der Waals surface area contributed by atoms with E-state index in [2.05, 4.69) is 20.9 Å². The molecule has 0 saturated carbocycles. The Hall–Kier alpha value is -0.880. The molecule has 1 aromatic carbocycles. The Morgan fingerprint density at radius 3 is 2.72 bits per heavy atom. The molecule has 96 valence electrons. The molecule has 18 heavy (non-hydrogen) atoms. The van der Waals surface area contributed by atoms with E-state index in [1.165, 1.54) is 6.07 Å². The summed E-state index contributed by atoms with van der Waals surface area (Å²) < 4.78 is 44.5. The second-order valence-electron chi connectivity index (χ2n) is 4.58. The zero-order valence-corrected chi connectivity index (χ0v) is 10.9. The first-order valence-electron chi connectivity index (χ1n) is 5.42. The van der Waals surface area contributed by atoms with E-state index in [4.69, 9.17) is 4.74 Å².